The van der Waals surface area contributed by atoms with Crippen molar-refractivity contribution in [3.63, 3.8) is 0 Å². The summed E-state index contributed by atoms with van der Waals surface area (Å²) in [6, 6.07) is 11.3. The van der Waals surface area contributed by atoms with Gasteiger partial charge in [-0.05, 0) is 36.4 Å². The molecule has 6 heteroatoms. The molecular formula is C19H17ClN4O. The van der Waals surface area contributed by atoms with Gasteiger partial charge in [0, 0.05) is 55.7 Å². The number of carbonyl (C=O) groups is 1. The summed E-state index contributed by atoms with van der Waals surface area (Å²) in [5.74, 6) is 0.0566. The zero-order valence-electron chi connectivity index (χ0n) is 13.6. The van der Waals surface area contributed by atoms with Crippen LogP contribution in [-0.4, -0.2) is 47.0 Å². The van der Waals surface area contributed by atoms with Crippen LogP contribution in [-0.2, 0) is 0 Å². The highest BCUT2D eigenvalue weighted by Gasteiger charge is 2.23. The highest BCUT2D eigenvalue weighted by atomic mass is 35.5. The molecule has 1 fully saturated rings. The Morgan fingerprint density at radius 2 is 1.72 bits per heavy atom. The van der Waals surface area contributed by atoms with E-state index in [1.807, 2.05) is 29.2 Å². The zero-order chi connectivity index (χ0) is 17.2. The van der Waals surface area contributed by atoms with Crippen molar-refractivity contribution in [2.45, 2.75) is 0 Å². The minimum Gasteiger partial charge on any atom is -0.366 e. The van der Waals surface area contributed by atoms with E-state index in [1.165, 1.54) is 0 Å². The van der Waals surface area contributed by atoms with Crippen LogP contribution in [0.4, 0.5) is 5.69 Å². The first-order valence-electron chi connectivity index (χ1n) is 8.21. The number of pyridine rings is 2. The number of anilines is 1. The monoisotopic (exact) mass is 352 g/mol. The van der Waals surface area contributed by atoms with Gasteiger partial charge in [0.1, 0.15) is 0 Å². The van der Waals surface area contributed by atoms with Gasteiger partial charge in [0.25, 0.3) is 5.91 Å². The van der Waals surface area contributed by atoms with E-state index >= 15 is 0 Å². The second-order valence-electron chi connectivity index (χ2n) is 5.98. The Kier molecular flexibility index (Phi) is 4.24. The zero-order valence-corrected chi connectivity index (χ0v) is 14.4. The third kappa shape index (κ3) is 3.03. The fraction of sp³-hybridized carbons (Fsp3) is 0.211. The lowest BCUT2D eigenvalue weighted by molar-refractivity contribution is 0.0747. The molecule has 0 unspecified atom stereocenters. The molecule has 1 aliphatic heterocycles. The number of benzene rings is 1. The smallest absolute Gasteiger partial charge is 0.254 e. The van der Waals surface area contributed by atoms with E-state index in [0.717, 1.165) is 29.7 Å². The van der Waals surface area contributed by atoms with Crippen LogP contribution in [0.15, 0.2) is 55.0 Å². The average molecular weight is 353 g/mol. The molecule has 4 rings (SSSR count). The Morgan fingerprint density at radius 1 is 0.960 bits per heavy atom. The Balaban J connectivity index is 1.53. The largest absolute Gasteiger partial charge is 0.366 e. The highest BCUT2D eigenvalue weighted by Crippen LogP contribution is 2.31. The summed E-state index contributed by atoms with van der Waals surface area (Å²) in [5.41, 5.74) is 2.65. The molecule has 1 aliphatic rings. The van der Waals surface area contributed by atoms with Crippen molar-refractivity contribution >= 4 is 34.1 Å². The molecule has 0 atom stereocenters. The molecule has 0 bridgehead atoms. The first-order chi connectivity index (χ1) is 12.2. The molecule has 3 aromatic rings. The van der Waals surface area contributed by atoms with Gasteiger partial charge in [0.05, 0.1) is 16.2 Å². The molecule has 5 nitrogen and oxygen atoms in total. The van der Waals surface area contributed by atoms with Crippen molar-refractivity contribution in [1.29, 1.82) is 0 Å². The van der Waals surface area contributed by atoms with Crippen molar-refractivity contribution < 1.29 is 4.79 Å². The summed E-state index contributed by atoms with van der Waals surface area (Å²) in [6.45, 7) is 2.89. The van der Waals surface area contributed by atoms with Gasteiger partial charge in [-0.15, -0.1) is 0 Å². The summed E-state index contributed by atoms with van der Waals surface area (Å²) < 4.78 is 0. The van der Waals surface area contributed by atoms with Crippen LogP contribution in [0.3, 0.4) is 0 Å². The van der Waals surface area contributed by atoms with Crippen LogP contribution in [0, 0.1) is 0 Å². The lowest BCUT2D eigenvalue weighted by Crippen LogP contribution is -2.48. The van der Waals surface area contributed by atoms with Crippen LogP contribution >= 0.6 is 11.6 Å². The molecule has 3 heterocycles. The van der Waals surface area contributed by atoms with Crippen molar-refractivity contribution in [2.75, 3.05) is 31.1 Å². The summed E-state index contributed by atoms with van der Waals surface area (Å²) in [4.78, 5) is 25.2. The maximum absolute atomic E-state index is 12.5. The summed E-state index contributed by atoms with van der Waals surface area (Å²) in [6.07, 6.45) is 5.08. The Labute approximate surface area is 150 Å². The van der Waals surface area contributed by atoms with E-state index in [-0.39, 0.29) is 5.91 Å². The number of carbonyl (C=O) groups excluding carboxylic acids is 1. The molecule has 126 valence electrons. The maximum atomic E-state index is 12.5. The Morgan fingerprint density at radius 3 is 2.48 bits per heavy atom. The molecule has 0 N–H and O–H groups in total. The van der Waals surface area contributed by atoms with Gasteiger partial charge in [0.2, 0.25) is 0 Å². The number of aromatic nitrogens is 2. The van der Waals surface area contributed by atoms with Gasteiger partial charge in [-0.3, -0.25) is 14.8 Å². The molecule has 0 spiro atoms. The van der Waals surface area contributed by atoms with Gasteiger partial charge in [-0.1, -0.05) is 11.6 Å². The third-order valence-corrected chi connectivity index (χ3v) is 4.86. The Hall–Kier alpha value is -2.66. The number of fused-ring (bicyclic) bond motifs is 1. The minimum atomic E-state index is 0.0566. The summed E-state index contributed by atoms with van der Waals surface area (Å²) in [5, 5.41) is 1.66. The topological polar surface area (TPSA) is 49.3 Å². The molecule has 2 aromatic heterocycles. The van der Waals surface area contributed by atoms with E-state index in [9.17, 15) is 4.79 Å². The minimum absolute atomic E-state index is 0.0566. The molecule has 1 saturated heterocycles. The quantitative estimate of drug-likeness (QED) is 0.710. The third-order valence-electron chi connectivity index (χ3n) is 4.53. The fourth-order valence-corrected chi connectivity index (χ4v) is 3.42. The number of amides is 1. The van der Waals surface area contributed by atoms with Gasteiger partial charge < -0.3 is 9.80 Å². The molecule has 0 aliphatic carbocycles. The maximum Gasteiger partial charge on any atom is 0.254 e. The number of hydrogen-bond acceptors (Lipinski definition) is 4. The number of nitrogens with zero attached hydrogens (tertiary/aromatic N) is 4. The number of halogens is 1. The highest BCUT2D eigenvalue weighted by molar-refractivity contribution is 6.35. The van der Waals surface area contributed by atoms with Crippen molar-refractivity contribution in [3.05, 3.63) is 65.6 Å². The second-order valence-corrected chi connectivity index (χ2v) is 6.39. The van der Waals surface area contributed by atoms with Crippen LogP contribution in [0.5, 0.6) is 0 Å². The van der Waals surface area contributed by atoms with E-state index in [0.29, 0.717) is 23.7 Å². The van der Waals surface area contributed by atoms with E-state index < -0.39 is 0 Å². The lowest BCUT2D eigenvalue weighted by Gasteiger charge is -2.36. The van der Waals surface area contributed by atoms with E-state index in [2.05, 4.69) is 14.9 Å². The molecule has 1 amide bonds. The molecule has 0 radical (unpaired) electrons. The van der Waals surface area contributed by atoms with Gasteiger partial charge in [-0.25, -0.2) is 0 Å². The average Bonchev–Trinajstić information content (AvgIpc) is 2.69. The number of piperazine rings is 1. The van der Waals surface area contributed by atoms with Crippen molar-refractivity contribution in [1.82, 2.24) is 14.9 Å². The normalized spacial score (nSPS) is 14.8. The van der Waals surface area contributed by atoms with Crippen molar-refractivity contribution in [2.24, 2.45) is 0 Å². The summed E-state index contributed by atoms with van der Waals surface area (Å²) in [7, 11) is 0. The predicted octanol–water partition coefficient (Wildman–Crippen LogP) is 3.25. The molecular weight excluding hydrogens is 336 g/mol. The van der Waals surface area contributed by atoms with Gasteiger partial charge >= 0.3 is 0 Å². The van der Waals surface area contributed by atoms with Crippen molar-refractivity contribution in [3.8, 4) is 0 Å². The SMILES string of the molecule is O=C(c1ccncc1)N1CCN(c2ccc(Cl)c3cccnc23)CC1. The Bertz CT molecular complexity index is 908. The second kappa shape index (κ2) is 6.69. The van der Waals surface area contributed by atoms with Gasteiger partial charge in [-0.2, -0.15) is 0 Å². The van der Waals surface area contributed by atoms with Crippen LogP contribution in [0.2, 0.25) is 5.02 Å². The van der Waals surface area contributed by atoms with E-state index in [4.69, 9.17) is 11.6 Å². The van der Waals surface area contributed by atoms with E-state index in [1.54, 1.807) is 30.7 Å². The lowest BCUT2D eigenvalue weighted by atomic mass is 10.1. The first-order valence-corrected chi connectivity index (χ1v) is 8.59. The van der Waals surface area contributed by atoms with Gasteiger partial charge in [0.15, 0.2) is 0 Å². The molecule has 1 aromatic carbocycles. The van der Waals surface area contributed by atoms with Crippen LogP contribution < -0.4 is 4.90 Å². The summed E-state index contributed by atoms with van der Waals surface area (Å²) >= 11 is 6.28. The molecule has 0 saturated carbocycles. The first kappa shape index (κ1) is 15.8. The van der Waals surface area contributed by atoms with Crippen LogP contribution in [0.25, 0.3) is 10.9 Å². The predicted molar refractivity (Wildman–Crippen MR) is 99.1 cm³/mol. The van der Waals surface area contributed by atoms with Crippen LogP contribution in [0.1, 0.15) is 10.4 Å². The standard InChI is InChI=1S/C19H17ClN4O/c20-16-3-4-17(18-15(16)2-1-7-22-18)23-10-12-24(13-11-23)19(25)14-5-8-21-9-6-14/h1-9H,10-13H2. The molecule has 25 heavy (non-hydrogen) atoms. The number of hydrogen-bond donors (Lipinski definition) is 0. The number of rotatable bonds is 2. The fourth-order valence-electron chi connectivity index (χ4n) is 3.21.